The zero-order chi connectivity index (χ0) is 16.1. The molecule has 4 heteroatoms. The second-order valence-corrected chi connectivity index (χ2v) is 5.72. The second-order valence-electron chi connectivity index (χ2n) is 5.35. The number of hydrogen-bond donors (Lipinski definition) is 2. The molecule has 0 heterocycles. The number of likely N-dealkylation sites (N-methyl/N-ethyl adjacent to an activating group) is 1. The van der Waals surface area contributed by atoms with Gasteiger partial charge in [0.1, 0.15) is 6.29 Å². The molecule has 1 aromatic carbocycles. The van der Waals surface area contributed by atoms with Crippen LogP contribution in [0.1, 0.15) is 37.7 Å². The third-order valence-corrected chi connectivity index (χ3v) is 4.52. The topological polar surface area (TPSA) is 53.0 Å². The molecule has 1 aromatic rings. The molecule has 1 aliphatic carbocycles. The predicted molar refractivity (Wildman–Crippen MR) is 91.5 cm³/mol. The van der Waals surface area contributed by atoms with Gasteiger partial charge in [-0.2, -0.15) is 0 Å². The van der Waals surface area contributed by atoms with Gasteiger partial charge in [-0.3, -0.25) is 4.79 Å². The summed E-state index contributed by atoms with van der Waals surface area (Å²) in [5.74, 6) is 0.126. The van der Waals surface area contributed by atoms with Gasteiger partial charge >= 0.3 is 0 Å². The summed E-state index contributed by atoms with van der Waals surface area (Å²) in [6.45, 7) is 2.11. The van der Waals surface area contributed by atoms with Crippen molar-refractivity contribution in [2.45, 2.75) is 32.1 Å². The molecule has 0 saturated carbocycles. The van der Waals surface area contributed by atoms with Crippen LogP contribution >= 0.6 is 11.6 Å². The summed E-state index contributed by atoms with van der Waals surface area (Å²) in [4.78, 5) is 11.2. The average Bonchev–Trinajstić information content (AvgIpc) is 2.55. The molecule has 0 aliphatic heterocycles. The number of benzene rings is 1. The Morgan fingerprint density at radius 1 is 1.36 bits per heavy atom. The van der Waals surface area contributed by atoms with Gasteiger partial charge in [0.05, 0.1) is 5.03 Å². The van der Waals surface area contributed by atoms with Crippen LogP contribution in [0.2, 0.25) is 0 Å². The van der Waals surface area contributed by atoms with E-state index >= 15 is 0 Å². The number of nitrogens with one attached hydrogen (secondary N) is 2. The Morgan fingerprint density at radius 2 is 2.05 bits per heavy atom. The van der Waals surface area contributed by atoms with Gasteiger partial charge in [0, 0.05) is 35.5 Å². The summed E-state index contributed by atoms with van der Waals surface area (Å²) < 4.78 is 0. The molecule has 1 atom stereocenters. The summed E-state index contributed by atoms with van der Waals surface area (Å²) in [5, 5.41) is 11.9. The lowest BCUT2D eigenvalue weighted by atomic mass is 9.85. The Hall–Kier alpha value is -1.87. The second kappa shape index (κ2) is 7.41. The first-order valence-corrected chi connectivity index (χ1v) is 7.90. The van der Waals surface area contributed by atoms with Gasteiger partial charge in [0.25, 0.3) is 0 Å². The quantitative estimate of drug-likeness (QED) is 0.801. The first-order valence-electron chi connectivity index (χ1n) is 7.52. The first kappa shape index (κ1) is 16.5. The van der Waals surface area contributed by atoms with Gasteiger partial charge in [0.2, 0.25) is 0 Å². The van der Waals surface area contributed by atoms with Crippen molar-refractivity contribution in [3.63, 3.8) is 0 Å². The minimum atomic E-state index is 0.126. The maximum Gasteiger partial charge on any atom is 0.147 e. The third kappa shape index (κ3) is 3.14. The van der Waals surface area contributed by atoms with E-state index in [0.717, 1.165) is 18.4 Å². The molecular formula is C18H21ClN2O. The monoisotopic (exact) mass is 316 g/mol. The molecule has 116 valence electrons. The maximum absolute atomic E-state index is 11.2. The molecule has 0 aromatic heterocycles. The van der Waals surface area contributed by atoms with Gasteiger partial charge in [-0.25, -0.2) is 0 Å². The summed E-state index contributed by atoms with van der Waals surface area (Å²) in [6, 6.07) is 10.2. The number of carbonyl (C=O) groups excluding carboxylic acids is 1. The summed E-state index contributed by atoms with van der Waals surface area (Å²) in [7, 11) is 1.85. The van der Waals surface area contributed by atoms with E-state index in [1.165, 1.54) is 5.56 Å². The predicted octanol–water partition coefficient (Wildman–Crippen LogP) is 4.16. The molecule has 0 radical (unpaired) electrons. The largest absolute Gasteiger partial charge is 0.390 e. The molecule has 0 bridgehead atoms. The Balaban J connectivity index is 2.61. The van der Waals surface area contributed by atoms with Crippen LogP contribution in [0.4, 0.5) is 0 Å². The van der Waals surface area contributed by atoms with Gasteiger partial charge < -0.3 is 10.7 Å². The van der Waals surface area contributed by atoms with Crippen molar-refractivity contribution in [2.75, 3.05) is 7.05 Å². The molecule has 1 unspecified atom stereocenters. The SMILES string of the molecule is CCC(/C(NC)=C1/C(=N)CCC(C=O)=C1Cl)c1ccccc1. The molecule has 22 heavy (non-hydrogen) atoms. The number of halogens is 1. The van der Waals surface area contributed by atoms with Gasteiger partial charge in [-0.05, 0) is 24.8 Å². The van der Waals surface area contributed by atoms with E-state index in [1.54, 1.807) is 0 Å². The van der Waals surface area contributed by atoms with E-state index in [-0.39, 0.29) is 5.92 Å². The molecular weight excluding hydrogens is 296 g/mol. The van der Waals surface area contributed by atoms with Crippen LogP contribution in [0.15, 0.2) is 52.2 Å². The van der Waals surface area contributed by atoms with Crippen molar-refractivity contribution in [3.05, 3.63) is 57.8 Å². The normalized spacial score (nSPS) is 19.0. The third-order valence-electron chi connectivity index (χ3n) is 4.09. The number of carbonyl (C=O) groups is 1. The van der Waals surface area contributed by atoms with E-state index in [0.29, 0.717) is 34.7 Å². The number of hydrogen-bond acceptors (Lipinski definition) is 3. The Morgan fingerprint density at radius 3 is 2.59 bits per heavy atom. The minimum Gasteiger partial charge on any atom is -0.390 e. The highest BCUT2D eigenvalue weighted by molar-refractivity contribution is 6.38. The maximum atomic E-state index is 11.2. The van der Waals surface area contributed by atoms with Crippen LogP contribution in [0.5, 0.6) is 0 Å². The fourth-order valence-electron chi connectivity index (χ4n) is 2.94. The van der Waals surface area contributed by atoms with E-state index in [2.05, 4.69) is 24.4 Å². The summed E-state index contributed by atoms with van der Waals surface area (Å²) in [6.07, 6.45) is 2.79. The smallest absolute Gasteiger partial charge is 0.147 e. The highest BCUT2D eigenvalue weighted by atomic mass is 35.5. The number of rotatable bonds is 5. The van der Waals surface area contributed by atoms with Crippen LogP contribution in [0, 0.1) is 5.41 Å². The van der Waals surface area contributed by atoms with Crippen LogP contribution in [-0.2, 0) is 4.79 Å². The fourth-order valence-corrected chi connectivity index (χ4v) is 3.30. The summed E-state index contributed by atoms with van der Waals surface area (Å²) >= 11 is 6.42. The molecule has 1 aliphatic rings. The first-order chi connectivity index (χ1) is 10.6. The van der Waals surface area contributed by atoms with Crippen LogP contribution in [-0.4, -0.2) is 19.0 Å². The lowest BCUT2D eigenvalue weighted by molar-refractivity contribution is -0.105. The number of aldehydes is 1. The zero-order valence-electron chi connectivity index (χ0n) is 12.9. The summed E-state index contributed by atoms with van der Waals surface area (Å²) in [5.41, 5.74) is 3.87. The fraction of sp³-hybridized carbons (Fsp3) is 0.333. The average molecular weight is 317 g/mol. The molecule has 0 fully saturated rings. The van der Waals surface area contributed by atoms with Crippen LogP contribution < -0.4 is 5.32 Å². The zero-order valence-corrected chi connectivity index (χ0v) is 13.7. The Bertz CT molecular complexity index is 632. The van der Waals surface area contributed by atoms with Crippen LogP contribution in [0.25, 0.3) is 0 Å². The van der Waals surface area contributed by atoms with Gasteiger partial charge in [0.15, 0.2) is 0 Å². The Labute approximate surface area is 136 Å². The molecule has 3 nitrogen and oxygen atoms in total. The Kier molecular flexibility index (Phi) is 5.56. The van der Waals surface area contributed by atoms with E-state index in [9.17, 15) is 4.79 Å². The van der Waals surface area contributed by atoms with Crippen LogP contribution in [0.3, 0.4) is 0 Å². The molecule has 0 amide bonds. The van der Waals surface area contributed by atoms with Crippen molar-refractivity contribution in [1.82, 2.24) is 5.32 Å². The van der Waals surface area contributed by atoms with Crippen molar-refractivity contribution >= 4 is 23.6 Å². The van der Waals surface area contributed by atoms with Crippen molar-refractivity contribution in [3.8, 4) is 0 Å². The lowest BCUT2D eigenvalue weighted by Crippen LogP contribution is -2.23. The van der Waals surface area contributed by atoms with E-state index < -0.39 is 0 Å². The van der Waals surface area contributed by atoms with Crippen molar-refractivity contribution in [2.24, 2.45) is 0 Å². The molecule has 2 N–H and O–H groups in total. The molecule has 0 spiro atoms. The van der Waals surface area contributed by atoms with E-state index in [1.807, 2.05) is 25.2 Å². The van der Waals surface area contributed by atoms with Gasteiger partial charge in [-0.15, -0.1) is 0 Å². The standard InChI is InChI=1S/C18H21ClN2O/c1-3-14(12-7-5-4-6-8-12)18(21-2)16-15(20)10-9-13(11-22)17(16)19/h4-8,11,14,20-21H,3,9-10H2,1-2H3/b18-16+,20-15?. The minimum absolute atomic E-state index is 0.126. The molecule has 0 saturated heterocycles. The lowest BCUT2D eigenvalue weighted by Gasteiger charge is -2.26. The van der Waals surface area contributed by atoms with E-state index in [4.69, 9.17) is 17.0 Å². The number of allylic oxidation sites excluding steroid dienone is 4. The van der Waals surface area contributed by atoms with Crippen molar-refractivity contribution < 1.29 is 4.79 Å². The molecule has 2 rings (SSSR count). The highest BCUT2D eigenvalue weighted by Crippen LogP contribution is 2.36. The highest BCUT2D eigenvalue weighted by Gasteiger charge is 2.27. The van der Waals surface area contributed by atoms with Gasteiger partial charge in [-0.1, -0.05) is 48.9 Å². The van der Waals surface area contributed by atoms with Crippen molar-refractivity contribution in [1.29, 1.82) is 5.41 Å².